The lowest BCUT2D eigenvalue weighted by Gasteiger charge is -2.13. The molecule has 0 saturated heterocycles. The van der Waals surface area contributed by atoms with Gasteiger partial charge in [0.2, 0.25) is 5.91 Å². The number of amides is 1. The lowest BCUT2D eigenvalue weighted by molar-refractivity contribution is -0.141. The van der Waals surface area contributed by atoms with E-state index in [9.17, 15) is 9.59 Å². The first kappa shape index (κ1) is 17.3. The van der Waals surface area contributed by atoms with Crippen LogP contribution in [0.25, 0.3) is 0 Å². The van der Waals surface area contributed by atoms with Gasteiger partial charge in [-0.1, -0.05) is 15.9 Å². The van der Waals surface area contributed by atoms with Crippen LogP contribution in [0.3, 0.4) is 0 Å². The van der Waals surface area contributed by atoms with E-state index in [1.54, 1.807) is 0 Å². The molecule has 2 atom stereocenters. The Hall–Kier alpha value is -1.01. The lowest BCUT2D eigenvalue weighted by Crippen LogP contribution is -2.34. The molecule has 0 spiro atoms. The van der Waals surface area contributed by atoms with E-state index in [2.05, 4.69) is 33.4 Å². The molecule has 1 aliphatic carbocycles. The molecule has 0 aromatic heterocycles. The highest BCUT2D eigenvalue weighted by atomic mass is 79.9. The van der Waals surface area contributed by atoms with Crippen molar-refractivity contribution in [2.24, 2.45) is 5.92 Å². The first-order valence-corrected chi connectivity index (χ1v) is 9.06. The second kappa shape index (κ2) is 7.51. The Morgan fingerprint density at radius 3 is 2.68 bits per heavy atom. The van der Waals surface area contributed by atoms with Crippen LogP contribution in [0.2, 0.25) is 0 Å². The summed E-state index contributed by atoms with van der Waals surface area (Å²) in [5, 5.41) is 11.9. The van der Waals surface area contributed by atoms with Crippen LogP contribution in [0.15, 0.2) is 21.5 Å². The third-order valence-electron chi connectivity index (χ3n) is 3.96. The number of nitrogens with one attached hydrogen (secondary N) is 1. The van der Waals surface area contributed by atoms with E-state index in [4.69, 9.17) is 5.11 Å². The van der Waals surface area contributed by atoms with Gasteiger partial charge in [-0.2, -0.15) is 0 Å². The largest absolute Gasteiger partial charge is 0.481 e. The Morgan fingerprint density at radius 1 is 1.32 bits per heavy atom. The minimum absolute atomic E-state index is 0.00181. The molecule has 0 heterocycles. The summed E-state index contributed by atoms with van der Waals surface area (Å²) in [5.41, 5.74) is 2.29. The number of halogens is 1. The van der Waals surface area contributed by atoms with Gasteiger partial charge in [0.15, 0.2) is 0 Å². The molecule has 6 heteroatoms. The van der Waals surface area contributed by atoms with Crippen molar-refractivity contribution in [3.8, 4) is 0 Å². The standard InChI is InChI=1S/C16H20BrNO3S/c1-9-6-14(10(2)5-13(9)17)22-8-15(19)18-12-4-3-11(7-12)16(20)21/h5-6,11-12H,3-4,7-8H2,1-2H3,(H,18,19)(H,20,21)/t11-,12-/m0/s1. The van der Waals surface area contributed by atoms with Gasteiger partial charge in [-0.05, 0) is 56.4 Å². The van der Waals surface area contributed by atoms with E-state index in [0.29, 0.717) is 18.6 Å². The molecule has 22 heavy (non-hydrogen) atoms. The van der Waals surface area contributed by atoms with Crippen molar-refractivity contribution in [3.05, 3.63) is 27.7 Å². The molecule has 0 radical (unpaired) electrons. The molecule has 0 aliphatic heterocycles. The molecule has 1 amide bonds. The molecule has 1 aromatic rings. The predicted octanol–water partition coefficient (Wildman–Crippen LogP) is 3.53. The van der Waals surface area contributed by atoms with Crippen LogP contribution in [-0.2, 0) is 9.59 Å². The van der Waals surface area contributed by atoms with Crippen molar-refractivity contribution in [1.29, 1.82) is 0 Å². The van der Waals surface area contributed by atoms with Crippen molar-refractivity contribution < 1.29 is 14.7 Å². The molecule has 1 aromatic carbocycles. The van der Waals surface area contributed by atoms with Gasteiger partial charge in [0.05, 0.1) is 11.7 Å². The Labute approximate surface area is 143 Å². The second-order valence-corrected chi connectivity index (χ2v) is 7.64. The summed E-state index contributed by atoms with van der Waals surface area (Å²) in [6, 6.07) is 4.14. The summed E-state index contributed by atoms with van der Waals surface area (Å²) < 4.78 is 1.07. The average molecular weight is 386 g/mol. The Morgan fingerprint density at radius 2 is 2.05 bits per heavy atom. The summed E-state index contributed by atoms with van der Waals surface area (Å²) in [7, 11) is 0. The second-order valence-electron chi connectivity index (χ2n) is 5.77. The van der Waals surface area contributed by atoms with Crippen LogP contribution in [0, 0.1) is 19.8 Å². The number of rotatable bonds is 5. The Balaban J connectivity index is 1.84. The maximum atomic E-state index is 12.0. The monoisotopic (exact) mass is 385 g/mol. The number of benzene rings is 1. The first-order valence-electron chi connectivity index (χ1n) is 7.28. The molecule has 1 fully saturated rings. The highest BCUT2D eigenvalue weighted by Crippen LogP contribution is 2.29. The van der Waals surface area contributed by atoms with Crippen molar-refractivity contribution in [1.82, 2.24) is 5.32 Å². The van der Waals surface area contributed by atoms with Crippen LogP contribution in [0.4, 0.5) is 0 Å². The molecular weight excluding hydrogens is 366 g/mol. The normalized spacial score (nSPS) is 20.9. The number of aliphatic carboxylic acids is 1. The number of carboxylic acid groups (broad SMARTS) is 1. The predicted molar refractivity (Wildman–Crippen MR) is 91.2 cm³/mol. The van der Waals surface area contributed by atoms with Gasteiger partial charge in [-0.3, -0.25) is 9.59 Å². The minimum Gasteiger partial charge on any atom is -0.481 e. The molecule has 0 bridgehead atoms. The molecule has 2 rings (SSSR count). The highest BCUT2D eigenvalue weighted by Gasteiger charge is 2.30. The zero-order chi connectivity index (χ0) is 16.3. The van der Waals surface area contributed by atoms with Crippen LogP contribution < -0.4 is 5.32 Å². The summed E-state index contributed by atoms with van der Waals surface area (Å²) >= 11 is 5.02. The number of hydrogen-bond donors (Lipinski definition) is 2. The van der Waals surface area contributed by atoms with Gasteiger partial charge < -0.3 is 10.4 Å². The maximum absolute atomic E-state index is 12.0. The summed E-state index contributed by atoms with van der Waals surface area (Å²) in [4.78, 5) is 24.0. The van der Waals surface area contributed by atoms with E-state index >= 15 is 0 Å². The van der Waals surface area contributed by atoms with E-state index in [1.165, 1.54) is 11.8 Å². The zero-order valence-corrected chi connectivity index (χ0v) is 15.1. The van der Waals surface area contributed by atoms with E-state index in [-0.39, 0.29) is 17.9 Å². The minimum atomic E-state index is -0.757. The topological polar surface area (TPSA) is 66.4 Å². The van der Waals surface area contributed by atoms with Crippen molar-refractivity contribution in [2.45, 2.75) is 44.0 Å². The van der Waals surface area contributed by atoms with Crippen LogP contribution in [-0.4, -0.2) is 28.8 Å². The maximum Gasteiger partial charge on any atom is 0.306 e. The van der Waals surface area contributed by atoms with Gasteiger partial charge in [0.25, 0.3) is 0 Å². The van der Waals surface area contributed by atoms with Gasteiger partial charge >= 0.3 is 5.97 Å². The number of thioether (sulfide) groups is 1. The van der Waals surface area contributed by atoms with E-state index in [1.807, 2.05) is 13.8 Å². The van der Waals surface area contributed by atoms with Gasteiger partial charge in [0, 0.05) is 15.4 Å². The zero-order valence-electron chi connectivity index (χ0n) is 12.7. The van der Waals surface area contributed by atoms with Crippen LogP contribution >= 0.6 is 27.7 Å². The SMILES string of the molecule is Cc1cc(SCC(=O)N[C@H]2CC[C@H](C(=O)O)C2)c(C)cc1Br. The van der Waals surface area contributed by atoms with Crippen LogP contribution in [0.5, 0.6) is 0 Å². The van der Waals surface area contributed by atoms with Crippen molar-refractivity contribution in [2.75, 3.05) is 5.75 Å². The number of carbonyl (C=O) groups is 2. The third kappa shape index (κ3) is 4.49. The Kier molecular flexibility index (Phi) is 5.92. The Bertz CT molecular complexity index is 591. The van der Waals surface area contributed by atoms with Crippen LogP contribution in [0.1, 0.15) is 30.4 Å². The molecule has 1 saturated carbocycles. The van der Waals surface area contributed by atoms with E-state index in [0.717, 1.165) is 26.9 Å². The fourth-order valence-electron chi connectivity index (χ4n) is 2.66. The molecule has 4 nitrogen and oxygen atoms in total. The summed E-state index contributed by atoms with van der Waals surface area (Å²) in [6.07, 6.45) is 1.95. The number of carboxylic acids is 1. The van der Waals surface area contributed by atoms with Gasteiger partial charge in [-0.25, -0.2) is 0 Å². The van der Waals surface area contributed by atoms with E-state index < -0.39 is 5.97 Å². The fourth-order valence-corrected chi connectivity index (χ4v) is 4.03. The molecule has 1 aliphatic rings. The quantitative estimate of drug-likeness (QED) is 0.760. The molecule has 0 unspecified atom stereocenters. The smallest absolute Gasteiger partial charge is 0.306 e. The molecule has 2 N–H and O–H groups in total. The molecule has 120 valence electrons. The van der Waals surface area contributed by atoms with Gasteiger partial charge in [-0.15, -0.1) is 11.8 Å². The number of hydrogen-bond acceptors (Lipinski definition) is 3. The number of carbonyl (C=O) groups excluding carboxylic acids is 1. The number of aryl methyl sites for hydroxylation is 2. The van der Waals surface area contributed by atoms with Crippen molar-refractivity contribution in [3.63, 3.8) is 0 Å². The first-order chi connectivity index (χ1) is 10.4. The average Bonchev–Trinajstić information content (AvgIpc) is 2.90. The summed E-state index contributed by atoms with van der Waals surface area (Å²) in [6.45, 7) is 4.05. The fraction of sp³-hybridized carbons (Fsp3) is 0.500. The summed E-state index contributed by atoms with van der Waals surface area (Å²) in [5.74, 6) is -0.738. The van der Waals surface area contributed by atoms with Gasteiger partial charge in [0.1, 0.15) is 0 Å². The van der Waals surface area contributed by atoms with Crippen molar-refractivity contribution >= 4 is 39.6 Å². The highest BCUT2D eigenvalue weighted by molar-refractivity contribution is 9.10. The lowest BCUT2D eigenvalue weighted by atomic mass is 10.1. The molecular formula is C16H20BrNO3S. The third-order valence-corrected chi connectivity index (χ3v) is 5.97.